The summed E-state index contributed by atoms with van der Waals surface area (Å²) in [5.74, 6) is 0.0156. The van der Waals surface area contributed by atoms with Gasteiger partial charge >= 0.3 is 15.6 Å². The van der Waals surface area contributed by atoms with Crippen LogP contribution >= 0.6 is 0 Å². The number of aliphatic hydroxyl groups excluding tert-OH is 1. The van der Waals surface area contributed by atoms with E-state index in [9.17, 15) is 26.7 Å². The summed E-state index contributed by atoms with van der Waals surface area (Å²) in [5.41, 5.74) is -2.03. The zero-order valence-corrected chi connectivity index (χ0v) is 17.9. The van der Waals surface area contributed by atoms with Gasteiger partial charge in [-0.15, -0.1) is 0 Å². The van der Waals surface area contributed by atoms with Crippen molar-refractivity contribution in [1.29, 1.82) is 0 Å². The lowest BCUT2D eigenvalue weighted by Gasteiger charge is -2.32. The van der Waals surface area contributed by atoms with Gasteiger partial charge in [0.25, 0.3) is 0 Å². The summed E-state index contributed by atoms with van der Waals surface area (Å²) in [7, 11) is -4.36. The lowest BCUT2D eigenvalue weighted by atomic mass is 9.73. The van der Waals surface area contributed by atoms with Crippen LogP contribution in [0.3, 0.4) is 0 Å². The maximum atomic E-state index is 12.8. The van der Waals surface area contributed by atoms with Crippen molar-refractivity contribution < 1.29 is 35.6 Å². The van der Waals surface area contributed by atoms with Gasteiger partial charge in [0, 0.05) is 0 Å². The van der Waals surface area contributed by atoms with E-state index in [0.29, 0.717) is 30.6 Å². The molecule has 0 spiro atoms. The van der Waals surface area contributed by atoms with Crippen LogP contribution in [0.4, 0.5) is 13.2 Å². The minimum atomic E-state index is -5.78. The summed E-state index contributed by atoms with van der Waals surface area (Å²) < 4.78 is 70.8. The third kappa shape index (κ3) is 4.37. The fourth-order valence-corrected chi connectivity index (χ4v) is 4.86. The Hall–Kier alpha value is -2.00. The summed E-state index contributed by atoms with van der Waals surface area (Å²) in [6, 6.07) is 4.00. The Morgan fingerprint density at radius 2 is 1.97 bits per heavy atom. The van der Waals surface area contributed by atoms with Gasteiger partial charge in [-0.2, -0.15) is 21.6 Å². The highest BCUT2D eigenvalue weighted by Crippen LogP contribution is 2.51. The number of rotatable bonds is 6. The fraction of sp³-hybridized carbons (Fsp3) is 0.524. The molecule has 0 unspecified atom stereocenters. The van der Waals surface area contributed by atoms with Gasteiger partial charge in [-0.25, -0.2) is 0 Å². The van der Waals surface area contributed by atoms with Gasteiger partial charge in [0.15, 0.2) is 0 Å². The maximum absolute atomic E-state index is 12.8. The van der Waals surface area contributed by atoms with Crippen LogP contribution in [0.25, 0.3) is 0 Å². The Kier molecular flexibility index (Phi) is 5.99. The van der Waals surface area contributed by atoms with Crippen LogP contribution in [0.1, 0.15) is 45.1 Å². The van der Waals surface area contributed by atoms with E-state index in [0.717, 1.165) is 17.6 Å². The monoisotopic (exact) mass is 446 g/mol. The molecule has 3 rings (SSSR count). The second-order valence-electron chi connectivity index (χ2n) is 8.13. The fourth-order valence-electron chi connectivity index (χ4n) is 4.36. The van der Waals surface area contributed by atoms with E-state index in [1.54, 1.807) is 0 Å². The van der Waals surface area contributed by atoms with Crippen molar-refractivity contribution in [3.05, 3.63) is 46.6 Å². The molecule has 0 amide bonds. The number of aliphatic hydroxyl groups is 1. The molecule has 1 fully saturated rings. The highest BCUT2D eigenvalue weighted by molar-refractivity contribution is 7.88. The topological polar surface area (TPSA) is 72.8 Å². The van der Waals surface area contributed by atoms with E-state index in [-0.39, 0.29) is 17.6 Å². The van der Waals surface area contributed by atoms with Crippen molar-refractivity contribution in [3.63, 3.8) is 0 Å². The van der Waals surface area contributed by atoms with Crippen LogP contribution in [0.2, 0.25) is 0 Å². The summed E-state index contributed by atoms with van der Waals surface area (Å²) in [4.78, 5) is 0. The van der Waals surface area contributed by atoms with E-state index in [1.807, 2.05) is 6.92 Å². The number of halogens is 3. The predicted octanol–water partition coefficient (Wildman–Crippen LogP) is 4.66. The normalized spacial score (nSPS) is 24.5. The van der Waals surface area contributed by atoms with Crippen molar-refractivity contribution >= 4 is 10.1 Å². The van der Waals surface area contributed by atoms with Crippen molar-refractivity contribution in [1.82, 2.24) is 0 Å². The van der Waals surface area contributed by atoms with Crippen LogP contribution in [0.5, 0.6) is 11.5 Å². The molecule has 0 aliphatic heterocycles. The van der Waals surface area contributed by atoms with Crippen LogP contribution in [0.15, 0.2) is 41.0 Å². The molecule has 1 aromatic rings. The number of methoxy groups -OCH3 is 1. The van der Waals surface area contributed by atoms with E-state index in [1.165, 1.54) is 30.9 Å². The van der Waals surface area contributed by atoms with Crippen molar-refractivity contribution in [2.45, 2.75) is 57.6 Å². The molecule has 2 atom stereocenters. The Morgan fingerprint density at radius 1 is 1.27 bits per heavy atom. The zero-order valence-electron chi connectivity index (χ0n) is 17.0. The lowest BCUT2D eigenvalue weighted by Crippen LogP contribution is -2.28. The van der Waals surface area contributed by atoms with Gasteiger partial charge in [-0.05, 0) is 73.8 Å². The molecule has 9 heteroatoms. The van der Waals surface area contributed by atoms with Gasteiger partial charge in [0.05, 0.1) is 13.2 Å². The minimum Gasteiger partial charge on any atom is -0.497 e. The number of allylic oxidation sites excluding steroid dienone is 3. The predicted molar refractivity (Wildman–Crippen MR) is 106 cm³/mol. The number of benzene rings is 1. The highest BCUT2D eigenvalue weighted by atomic mass is 32.2. The molecule has 0 heterocycles. The molecule has 1 aromatic carbocycles. The van der Waals surface area contributed by atoms with Crippen molar-refractivity contribution in [2.24, 2.45) is 5.41 Å². The standard InChI is InChI=1S/C21H25F3O5S/c1-13-8-9-20(2)12-15(25)11-18(20)17(13)6-4-14-10-16(28-3)5-7-19(14)29-30(26,27)21(22,23)24/h5,7-8,10,15,25H,4,6,9,11-12H2,1-3H3/t15-,20-/m1/s1. The summed E-state index contributed by atoms with van der Waals surface area (Å²) in [6.45, 7) is 4.08. The second-order valence-corrected chi connectivity index (χ2v) is 9.67. The van der Waals surface area contributed by atoms with Gasteiger partial charge in [-0.3, -0.25) is 0 Å². The first-order valence-corrected chi connectivity index (χ1v) is 11.0. The molecule has 2 aliphatic rings. The molecule has 0 bridgehead atoms. The summed E-state index contributed by atoms with van der Waals surface area (Å²) in [6.07, 6.45) is 4.53. The summed E-state index contributed by atoms with van der Waals surface area (Å²) >= 11 is 0. The average molecular weight is 446 g/mol. The van der Waals surface area contributed by atoms with E-state index >= 15 is 0 Å². The van der Waals surface area contributed by atoms with Crippen LogP contribution in [-0.2, 0) is 16.5 Å². The Morgan fingerprint density at radius 3 is 2.60 bits per heavy atom. The highest BCUT2D eigenvalue weighted by Gasteiger charge is 2.49. The lowest BCUT2D eigenvalue weighted by molar-refractivity contribution is -0.0500. The van der Waals surface area contributed by atoms with Gasteiger partial charge in [0.2, 0.25) is 0 Å². The van der Waals surface area contributed by atoms with Crippen LogP contribution in [0, 0.1) is 5.41 Å². The molecule has 1 saturated carbocycles. The molecule has 30 heavy (non-hydrogen) atoms. The molecule has 0 saturated heterocycles. The van der Waals surface area contributed by atoms with Gasteiger partial charge in [-0.1, -0.05) is 24.1 Å². The average Bonchev–Trinajstić information content (AvgIpc) is 2.95. The number of fused-ring (bicyclic) bond motifs is 1. The first-order chi connectivity index (χ1) is 13.9. The maximum Gasteiger partial charge on any atom is 0.534 e. The second kappa shape index (κ2) is 7.92. The Labute approximate surface area is 174 Å². The minimum absolute atomic E-state index is 0.123. The molecular formula is C21H25F3O5S. The van der Waals surface area contributed by atoms with Crippen molar-refractivity contribution in [3.8, 4) is 11.5 Å². The summed E-state index contributed by atoms with van der Waals surface area (Å²) in [5, 5.41) is 10.2. The number of hydrogen-bond donors (Lipinski definition) is 1. The Bertz CT molecular complexity index is 994. The quantitative estimate of drug-likeness (QED) is 0.508. The smallest absolute Gasteiger partial charge is 0.497 e. The van der Waals surface area contributed by atoms with Gasteiger partial charge in [0.1, 0.15) is 11.5 Å². The zero-order chi connectivity index (χ0) is 22.3. The van der Waals surface area contributed by atoms with Crippen molar-refractivity contribution in [2.75, 3.05) is 7.11 Å². The number of hydrogen-bond acceptors (Lipinski definition) is 5. The largest absolute Gasteiger partial charge is 0.534 e. The third-order valence-electron chi connectivity index (χ3n) is 5.95. The Balaban J connectivity index is 1.92. The van der Waals surface area contributed by atoms with Crippen LogP contribution < -0.4 is 8.92 Å². The van der Waals surface area contributed by atoms with Gasteiger partial charge < -0.3 is 14.0 Å². The van der Waals surface area contributed by atoms with E-state index in [4.69, 9.17) is 4.74 Å². The first kappa shape index (κ1) is 22.7. The molecule has 5 nitrogen and oxygen atoms in total. The number of alkyl halides is 3. The SMILES string of the molecule is COc1ccc(OS(=O)(=O)C(F)(F)F)c(CCC2=C3C[C@@H](O)C[C@@]3(C)CC=C2C)c1. The molecular weight excluding hydrogens is 421 g/mol. The van der Waals surface area contributed by atoms with E-state index in [2.05, 4.69) is 17.2 Å². The third-order valence-corrected chi connectivity index (χ3v) is 6.91. The molecule has 0 aromatic heterocycles. The van der Waals surface area contributed by atoms with E-state index < -0.39 is 21.7 Å². The van der Waals surface area contributed by atoms with Crippen LogP contribution in [-0.4, -0.2) is 32.2 Å². The first-order valence-electron chi connectivity index (χ1n) is 9.61. The number of ether oxygens (including phenoxy) is 1. The molecule has 1 N–H and O–H groups in total. The number of aryl methyl sites for hydroxylation is 1. The molecule has 2 aliphatic carbocycles. The molecule has 0 radical (unpaired) electrons. The molecule has 166 valence electrons.